The van der Waals surface area contributed by atoms with E-state index in [1.165, 1.54) is 7.11 Å². The molecule has 0 spiro atoms. The number of esters is 1. The Morgan fingerprint density at radius 2 is 1.94 bits per heavy atom. The van der Waals surface area contributed by atoms with Crippen LogP contribution in [0.1, 0.15) is 24.3 Å². The molecule has 0 N–H and O–H groups in total. The van der Waals surface area contributed by atoms with Gasteiger partial charge in [0.25, 0.3) is 0 Å². The van der Waals surface area contributed by atoms with Crippen molar-refractivity contribution in [2.24, 2.45) is 0 Å². The van der Waals surface area contributed by atoms with Crippen LogP contribution in [0.4, 0.5) is 0 Å². The lowest BCUT2D eigenvalue weighted by atomic mass is 9.94. The van der Waals surface area contributed by atoms with E-state index < -0.39 is 11.2 Å². The summed E-state index contributed by atoms with van der Waals surface area (Å²) < 4.78 is 4.71. The Labute approximate surface area is 99.4 Å². The fraction of sp³-hybridized carbons (Fsp3) is 0.333. The van der Waals surface area contributed by atoms with E-state index in [-0.39, 0.29) is 12.4 Å². The number of carbonyl (C=O) groups is 2. The van der Waals surface area contributed by atoms with Crippen molar-refractivity contribution in [3.05, 3.63) is 35.9 Å². The van der Waals surface area contributed by atoms with E-state index in [1.807, 2.05) is 30.3 Å². The Morgan fingerprint density at radius 3 is 2.44 bits per heavy atom. The van der Waals surface area contributed by atoms with Gasteiger partial charge in [-0.25, -0.2) is 0 Å². The summed E-state index contributed by atoms with van der Waals surface area (Å²) in [4.78, 5) is 22.3. The van der Waals surface area contributed by atoms with Gasteiger partial charge in [-0.1, -0.05) is 30.3 Å². The van der Waals surface area contributed by atoms with Gasteiger partial charge in [0.05, 0.1) is 13.0 Å². The van der Waals surface area contributed by atoms with E-state index in [1.54, 1.807) is 0 Å². The van der Waals surface area contributed by atoms with Crippen LogP contribution in [0.2, 0.25) is 0 Å². The number of methoxy groups -OCH3 is 1. The van der Waals surface area contributed by atoms with Crippen LogP contribution in [0.15, 0.2) is 30.3 Å². The first kappa shape index (κ1) is 12.7. The van der Waals surface area contributed by atoms with Gasteiger partial charge < -0.3 is 4.74 Å². The standard InChI is InChI=1S/C12H13ClO3/c1-16-12(15)10(7-8-11(13)14)9-5-3-2-4-6-9/h2-6,10H,7-8H2,1H3. The molecule has 0 aliphatic carbocycles. The molecule has 1 aromatic carbocycles. The molecule has 86 valence electrons. The number of benzene rings is 1. The second kappa shape index (κ2) is 6.28. The van der Waals surface area contributed by atoms with Crippen molar-refractivity contribution in [3.63, 3.8) is 0 Å². The van der Waals surface area contributed by atoms with Crippen LogP contribution in [0.25, 0.3) is 0 Å². The summed E-state index contributed by atoms with van der Waals surface area (Å²) in [5.74, 6) is -0.766. The van der Waals surface area contributed by atoms with Crippen molar-refractivity contribution in [2.75, 3.05) is 7.11 Å². The average molecular weight is 241 g/mol. The summed E-state index contributed by atoms with van der Waals surface area (Å²) in [5, 5.41) is -0.440. The Morgan fingerprint density at radius 1 is 1.31 bits per heavy atom. The van der Waals surface area contributed by atoms with Gasteiger partial charge in [-0.2, -0.15) is 0 Å². The Kier molecular flexibility index (Phi) is 4.99. The third-order valence-corrected chi connectivity index (χ3v) is 2.51. The predicted octanol–water partition coefficient (Wildman–Crippen LogP) is 2.49. The number of hydrogen-bond acceptors (Lipinski definition) is 3. The Balaban J connectivity index is 2.79. The zero-order valence-electron chi connectivity index (χ0n) is 8.98. The monoisotopic (exact) mass is 240 g/mol. The van der Waals surface area contributed by atoms with Crippen molar-refractivity contribution < 1.29 is 14.3 Å². The lowest BCUT2D eigenvalue weighted by Crippen LogP contribution is -2.15. The fourth-order valence-corrected chi connectivity index (χ4v) is 1.62. The number of rotatable bonds is 5. The van der Waals surface area contributed by atoms with E-state index in [0.29, 0.717) is 6.42 Å². The van der Waals surface area contributed by atoms with Crippen molar-refractivity contribution in [3.8, 4) is 0 Å². The highest BCUT2D eigenvalue weighted by molar-refractivity contribution is 6.63. The maximum atomic E-state index is 11.5. The molecule has 1 aromatic rings. The van der Waals surface area contributed by atoms with Gasteiger partial charge in [-0.15, -0.1) is 0 Å². The van der Waals surface area contributed by atoms with Crippen LogP contribution in [0, 0.1) is 0 Å². The average Bonchev–Trinajstić information content (AvgIpc) is 2.30. The van der Waals surface area contributed by atoms with Crippen LogP contribution in [0.3, 0.4) is 0 Å². The zero-order chi connectivity index (χ0) is 12.0. The molecule has 0 saturated heterocycles. The summed E-state index contributed by atoms with van der Waals surface area (Å²) in [7, 11) is 1.33. The quantitative estimate of drug-likeness (QED) is 0.587. The molecule has 0 aliphatic heterocycles. The maximum absolute atomic E-state index is 11.5. The van der Waals surface area contributed by atoms with Crippen LogP contribution in [-0.2, 0) is 14.3 Å². The zero-order valence-corrected chi connectivity index (χ0v) is 9.74. The molecule has 4 heteroatoms. The number of hydrogen-bond donors (Lipinski definition) is 0. The minimum atomic E-state index is -0.440. The molecule has 0 aliphatic rings. The highest BCUT2D eigenvalue weighted by Crippen LogP contribution is 2.23. The maximum Gasteiger partial charge on any atom is 0.313 e. The largest absolute Gasteiger partial charge is 0.469 e. The molecule has 0 amide bonds. The van der Waals surface area contributed by atoms with Gasteiger partial charge in [0.2, 0.25) is 5.24 Å². The van der Waals surface area contributed by atoms with Crippen molar-refractivity contribution >= 4 is 22.8 Å². The second-order valence-electron chi connectivity index (χ2n) is 3.38. The molecule has 3 nitrogen and oxygen atoms in total. The van der Waals surface area contributed by atoms with E-state index >= 15 is 0 Å². The highest BCUT2D eigenvalue weighted by Gasteiger charge is 2.21. The molecule has 0 radical (unpaired) electrons. The normalized spacial score (nSPS) is 11.9. The molecule has 1 unspecified atom stereocenters. The molecule has 0 saturated carbocycles. The summed E-state index contributed by atoms with van der Waals surface area (Å²) in [6, 6.07) is 9.21. The van der Waals surface area contributed by atoms with Gasteiger partial charge in [0, 0.05) is 6.42 Å². The molecule has 0 aromatic heterocycles. The number of ether oxygens (including phenoxy) is 1. The highest BCUT2D eigenvalue weighted by atomic mass is 35.5. The van der Waals surface area contributed by atoms with E-state index in [9.17, 15) is 9.59 Å². The molecule has 1 atom stereocenters. The van der Waals surface area contributed by atoms with Gasteiger partial charge in [0.15, 0.2) is 0 Å². The van der Waals surface area contributed by atoms with Crippen molar-refractivity contribution in [1.29, 1.82) is 0 Å². The topological polar surface area (TPSA) is 43.4 Å². The van der Waals surface area contributed by atoms with Gasteiger partial charge >= 0.3 is 5.97 Å². The molecule has 0 fully saturated rings. The molecule has 0 heterocycles. The number of halogens is 1. The first-order valence-corrected chi connectivity index (χ1v) is 5.34. The number of carbonyl (C=O) groups excluding carboxylic acids is 2. The van der Waals surface area contributed by atoms with E-state index in [2.05, 4.69) is 0 Å². The lowest BCUT2D eigenvalue weighted by molar-refractivity contribution is -0.142. The minimum absolute atomic E-state index is 0.163. The lowest BCUT2D eigenvalue weighted by Gasteiger charge is -2.13. The minimum Gasteiger partial charge on any atom is -0.469 e. The third kappa shape index (κ3) is 3.66. The second-order valence-corrected chi connectivity index (χ2v) is 3.80. The molecule has 1 rings (SSSR count). The van der Waals surface area contributed by atoms with Crippen LogP contribution in [-0.4, -0.2) is 18.3 Å². The smallest absolute Gasteiger partial charge is 0.313 e. The summed E-state index contributed by atoms with van der Waals surface area (Å²) in [5.41, 5.74) is 0.840. The molecule has 0 bridgehead atoms. The fourth-order valence-electron chi connectivity index (χ4n) is 1.51. The Bertz CT molecular complexity index is 362. The first-order chi connectivity index (χ1) is 7.65. The summed E-state index contributed by atoms with van der Waals surface area (Å²) >= 11 is 5.27. The summed E-state index contributed by atoms with van der Waals surface area (Å²) in [6.07, 6.45) is 0.537. The Hall–Kier alpha value is -1.35. The van der Waals surface area contributed by atoms with E-state index in [0.717, 1.165) is 5.56 Å². The molecular formula is C12H13ClO3. The predicted molar refractivity (Wildman–Crippen MR) is 61.3 cm³/mol. The third-order valence-electron chi connectivity index (χ3n) is 2.32. The molecule has 16 heavy (non-hydrogen) atoms. The molecular weight excluding hydrogens is 228 g/mol. The SMILES string of the molecule is COC(=O)C(CCC(=O)Cl)c1ccccc1. The van der Waals surface area contributed by atoms with Gasteiger partial charge in [-0.3, -0.25) is 9.59 Å². The van der Waals surface area contributed by atoms with Gasteiger partial charge in [-0.05, 0) is 23.6 Å². The van der Waals surface area contributed by atoms with E-state index in [4.69, 9.17) is 16.3 Å². The van der Waals surface area contributed by atoms with Gasteiger partial charge in [0.1, 0.15) is 0 Å². The summed E-state index contributed by atoms with van der Waals surface area (Å²) in [6.45, 7) is 0. The van der Waals surface area contributed by atoms with Crippen LogP contribution < -0.4 is 0 Å². The van der Waals surface area contributed by atoms with Crippen molar-refractivity contribution in [2.45, 2.75) is 18.8 Å². The first-order valence-electron chi connectivity index (χ1n) is 4.96. The van der Waals surface area contributed by atoms with Crippen LogP contribution >= 0.6 is 11.6 Å². The van der Waals surface area contributed by atoms with Crippen molar-refractivity contribution in [1.82, 2.24) is 0 Å². The van der Waals surface area contributed by atoms with Crippen LogP contribution in [0.5, 0.6) is 0 Å².